The first kappa shape index (κ1) is 12.7. The standard InChI is InChI=1S/C15H20O/c1-5-9-14(16)12(2)15(3,4)13-10-7-6-8-11-13/h5-8,10-12H,1,9H2,2-4H3/t12-/m0/s1. The van der Waals surface area contributed by atoms with Gasteiger partial charge < -0.3 is 0 Å². The van der Waals surface area contributed by atoms with Crippen molar-refractivity contribution < 1.29 is 4.79 Å². The Morgan fingerprint density at radius 2 is 1.94 bits per heavy atom. The highest BCUT2D eigenvalue weighted by Gasteiger charge is 2.31. The summed E-state index contributed by atoms with van der Waals surface area (Å²) in [5, 5.41) is 0. The number of carbonyl (C=O) groups is 1. The quantitative estimate of drug-likeness (QED) is 0.685. The van der Waals surface area contributed by atoms with Crippen molar-refractivity contribution in [1.29, 1.82) is 0 Å². The van der Waals surface area contributed by atoms with Gasteiger partial charge in [-0.25, -0.2) is 0 Å². The number of hydrogen-bond donors (Lipinski definition) is 0. The maximum atomic E-state index is 11.9. The van der Waals surface area contributed by atoms with Crippen molar-refractivity contribution in [3.8, 4) is 0 Å². The number of benzene rings is 1. The molecule has 0 aliphatic rings. The van der Waals surface area contributed by atoms with Gasteiger partial charge in [0.1, 0.15) is 5.78 Å². The number of Topliss-reactive ketones (excluding diaryl/α,β-unsaturated/α-hetero) is 1. The van der Waals surface area contributed by atoms with E-state index in [1.807, 2.05) is 25.1 Å². The van der Waals surface area contributed by atoms with Crippen LogP contribution in [-0.2, 0) is 10.2 Å². The molecule has 0 N–H and O–H groups in total. The highest BCUT2D eigenvalue weighted by molar-refractivity contribution is 5.83. The third-order valence-corrected chi connectivity index (χ3v) is 3.43. The van der Waals surface area contributed by atoms with E-state index in [0.29, 0.717) is 6.42 Å². The molecule has 0 aliphatic carbocycles. The predicted octanol–water partition coefficient (Wildman–Crippen LogP) is 3.75. The fraction of sp³-hybridized carbons (Fsp3) is 0.400. The Morgan fingerprint density at radius 3 is 2.44 bits per heavy atom. The second-order valence-corrected chi connectivity index (χ2v) is 4.77. The molecule has 1 atom stereocenters. The molecule has 16 heavy (non-hydrogen) atoms. The average Bonchev–Trinajstić information content (AvgIpc) is 2.29. The summed E-state index contributed by atoms with van der Waals surface area (Å²) >= 11 is 0. The van der Waals surface area contributed by atoms with Gasteiger partial charge in [0.05, 0.1) is 0 Å². The van der Waals surface area contributed by atoms with Crippen LogP contribution in [0.5, 0.6) is 0 Å². The largest absolute Gasteiger partial charge is 0.299 e. The molecule has 0 unspecified atom stereocenters. The monoisotopic (exact) mass is 216 g/mol. The van der Waals surface area contributed by atoms with Crippen LogP contribution in [0.15, 0.2) is 43.0 Å². The Balaban J connectivity index is 2.93. The van der Waals surface area contributed by atoms with Crippen molar-refractivity contribution in [1.82, 2.24) is 0 Å². The molecule has 0 saturated carbocycles. The second kappa shape index (κ2) is 5.11. The molecule has 1 aromatic rings. The Morgan fingerprint density at radius 1 is 1.38 bits per heavy atom. The van der Waals surface area contributed by atoms with Gasteiger partial charge in [-0.3, -0.25) is 4.79 Å². The minimum Gasteiger partial charge on any atom is -0.299 e. The van der Waals surface area contributed by atoms with Crippen LogP contribution in [0.2, 0.25) is 0 Å². The van der Waals surface area contributed by atoms with E-state index in [1.54, 1.807) is 6.08 Å². The second-order valence-electron chi connectivity index (χ2n) is 4.77. The Bertz CT molecular complexity index is 362. The molecule has 0 heterocycles. The summed E-state index contributed by atoms with van der Waals surface area (Å²) < 4.78 is 0. The number of hydrogen-bond acceptors (Lipinski definition) is 1. The van der Waals surface area contributed by atoms with Crippen LogP contribution in [0.1, 0.15) is 32.8 Å². The van der Waals surface area contributed by atoms with Gasteiger partial charge >= 0.3 is 0 Å². The Labute approximate surface area is 98.2 Å². The normalized spacial score (nSPS) is 13.2. The molecule has 1 aromatic carbocycles. The Hall–Kier alpha value is -1.37. The van der Waals surface area contributed by atoms with Gasteiger partial charge in [-0.1, -0.05) is 57.2 Å². The number of carbonyl (C=O) groups excluding carboxylic acids is 1. The molecule has 0 aromatic heterocycles. The van der Waals surface area contributed by atoms with Crippen LogP contribution in [0.25, 0.3) is 0 Å². The zero-order chi connectivity index (χ0) is 12.2. The lowest BCUT2D eigenvalue weighted by atomic mass is 9.72. The van der Waals surface area contributed by atoms with E-state index in [0.717, 1.165) is 0 Å². The van der Waals surface area contributed by atoms with E-state index in [2.05, 4.69) is 32.6 Å². The first-order valence-corrected chi connectivity index (χ1v) is 5.69. The van der Waals surface area contributed by atoms with Crippen molar-refractivity contribution in [3.05, 3.63) is 48.6 Å². The van der Waals surface area contributed by atoms with Gasteiger partial charge in [0, 0.05) is 12.3 Å². The lowest BCUT2D eigenvalue weighted by molar-refractivity contribution is -0.123. The third kappa shape index (κ3) is 2.60. The van der Waals surface area contributed by atoms with Crippen molar-refractivity contribution >= 4 is 5.78 Å². The van der Waals surface area contributed by atoms with Crippen molar-refractivity contribution in [2.75, 3.05) is 0 Å². The topological polar surface area (TPSA) is 17.1 Å². The summed E-state index contributed by atoms with van der Waals surface area (Å²) in [6.07, 6.45) is 2.14. The molecule has 0 saturated heterocycles. The van der Waals surface area contributed by atoms with Gasteiger partial charge in [-0.15, -0.1) is 6.58 Å². The van der Waals surface area contributed by atoms with Crippen molar-refractivity contribution in [2.24, 2.45) is 5.92 Å². The summed E-state index contributed by atoms with van der Waals surface area (Å²) in [6, 6.07) is 10.2. The molecule has 86 valence electrons. The van der Waals surface area contributed by atoms with E-state index >= 15 is 0 Å². The number of rotatable bonds is 5. The zero-order valence-electron chi connectivity index (χ0n) is 10.4. The van der Waals surface area contributed by atoms with E-state index in [9.17, 15) is 4.79 Å². The van der Waals surface area contributed by atoms with Crippen molar-refractivity contribution in [2.45, 2.75) is 32.6 Å². The summed E-state index contributed by atoms with van der Waals surface area (Å²) in [5.74, 6) is 0.261. The maximum absolute atomic E-state index is 11.9. The van der Waals surface area contributed by atoms with Crippen LogP contribution < -0.4 is 0 Å². The van der Waals surface area contributed by atoms with Crippen LogP contribution in [0.4, 0.5) is 0 Å². The molecule has 1 heteroatoms. The molecule has 1 rings (SSSR count). The smallest absolute Gasteiger partial charge is 0.140 e. The number of ketones is 1. The van der Waals surface area contributed by atoms with Crippen LogP contribution >= 0.6 is 0 Å². The van der Waals surface area contributed by atoms with E-state index in [1.165, 1.54) is 5.56 Å². The lowest BCUT2D eigenvalue weighted by Crippen LogP contribution is -2.32. The first-order valence-electron chi connectivity index (χ1n) is 5.69. The predicted molar refractivity (Wildman–Crippen MR) is 68.5 cm³/mol. The number of allylic oxidation sites excluding steroid dienone is 1. The summed E-state index contributed by atoms with van der Waals surface area (Å²) in [4.78, 5) is 11.9. The molecule has 0 bridgehead atoms. The first-order chi connectivity index (χ1) is 7.50. The molecule has 1 nitrogen and oxygen atoms in total. The molecule has 0 fully saturated rings. The molecule has 0 radical (unpaired) electrons. The lowest BCUT2D eigenvalue weighted by Gasteiger charge is -2.31. The Kier molecular flexibility index (Phi) is 4.05. The SMILES string of the molecule is C=CCC(=O)[C@H](C)C(C)(C)c1ccccc1. The summed E-state index contributed by atoms with van der Waals surface area (Å²) in [7, 11) is 0. The fourth-order valence-electron chi connectivity index (χ4n) is 1.84. The minimum absolute atomic E-state index is 0.00731. The zero-order valence-corrected chi connectivity index (χ0v) is 10.4. The molecular formula is C15H20O. The fourth-order valence-corrected chi connectivity index (χ4v) is 1.84. The van der Waals surface area contributed by atoms with Gasteiger partial charge in [0.2, 0.25) is 0 Å². The van der Waals surface area contributed by atoms with Crippen LogP contribution in [0, 0.1) is 5.92 Å². The maximum Gasteiger partial charge on any atom is 0.140 e. The summed E-state index contributed by atoms with van der Waals surface area (Å²) in [6.45, 7) is 9.85. The highest BCUT2D eigenvalue weighted by Crippen LogP contribution is 2.32. The van der Waals surface area contributed by atoms with E-state index < -0.39 is 0 Å². The van der Waals surface area contributed by atoms with E-state index in [-0.39, 0.29) is 17.1 Å². The highest BCUT2D eigenvalue weighted by atomic mass is 16.1. The van der Waals surface area contributed by atoms with Gasteiger partial charge in [-0.2, -0.15) is 0 Å². The average molecular weight is 216 g/mol. The van der Waals surface area contributed by atoms with Gasteiger partial charge in [0.15, 0.2) is 0 Å². The van der Waals surface area contributed by atoms with Crippen LogP contribution in [-0.4, -0.2) is 5.78 Å². The molecule has 0 spiro atoms. The van der Waals surface area contributed by atoms with Crippen molar-refractivity contribution in [3.63, 3.8) is 0 Å². The van der Waals surface area contributed by atoms with Crippen LogP contribution in [0.3, 0.4) is 0 Å². The third-order valence-electron chi connectivity index (χ3n) is 3.43. The molecular weight excluding hydrogens is 196 g/mol. The molecule has 0 amide bonds. The molecule has 0 aliphatic heterocycles. The van der Waals surface area contributed by atoms with E-state index in [4.69, 9.17) is 0 Å². The van der Waals surface area contributed by atoms with Gasteiger partial charge in [0.25, 0.3) is 0 Å². The van der Waals surface area contributed by atoms with Gasteiger partial charge in [-0.05, 0) is 11.0 Å². The summed E-state index contributed by atoms with van der Waals surface area (Å²) in [5.41, 5.74) is 1.08. The minimum atomic E-state index is -0.124.